The second-order valence-electron chi connectivity index (χ2n) is 8.72. The van der Waals surface area contributed by atoms with Gasteiger partial charge in [-0.1, -0.05) is 18.2 Å². The number of aromatic nitrogens is 1. The number of hydrogen-bond donors (Lipinski definition) is 3. The predicted octanol–water partition coefficient (Wildman–Crippen LogP) is 1.24. The molecule has 0 bridgehead atoms. The van der Waals surface area contributed by atoms with E-state index in [0.717, 1.165) is 5.01 Å². The number of benzene rings is 1. The fourth-order valence-electron chi connectivity index (χ4n) is 4.25. The Morgan fingerprint density at radius 2 is 1.94 bits per heavy atom. The molecular formula is C24H28N6O5. The van der Waals surface area contributed by atoms with E-state index >= 15 is 0 Å². The summed E-state index contributed by atoms with van der Waals surface area (Å²) in [5.74, 6) is -0.289. The van der Waals surface area contributed by atoms with Gasteiger partial charge in [0, 0.05) is 12.1 Å². The topological polar surface area (TPSA) is 133 Å². The van der Waals surface area contributed by atoms with Gasteiger partial charge in [-0.3, -0.25) is 24.7 Å². The van der Waals surface area contributed by atoms with E-state index in [-0.39, 0.29) is 18.4 Å². The van der Waals surface area contributed by atoms with Gasteiger partial charge >= 0.3 is 6.03 Å². The van der Waals surface area contributed by atoms with Gasteiger partial charge in [0.05, 0.1) is 13.7 Å². The van der Waals surface area contributed by atoms with E-state index in [1.54, 1.807) is 55.6 Å². The number of likely N-dealkylation sites (tertiary alicyclic amines) is 1. The number of hydrazine groups is 1. The van der Waals surface area contributed by atoms with Crippen LogP contribution in [0.5, 0.6) is 5.75 Å². The molecule has 2 aromatic rings. The number of rotatable bonds is 7. The molecule has 4 rings (SSSR count). The standard InChI is InChI=1S/C24H28N6O5/c1-24(17-6-5-7-18(14-17)35-2)22(33)30(23(34)27-24)28-20(31)15-29-12-9-16(10-13-29)21(32)26-19-8-3-4-11-25-19/h3-8,11,14,16H,9-10,12-13,15H2,1-2H3,(H,27,34)(H,28,31)(H,25,26,32). The van der Waals surface area contributed by atoms with Gasteiger partial charge in [0.25, 0.3) is 11.8 Å². The van der Waals surface area contributed by atoms with E-state index in [2.05, 4.69) is 21.0 Å². The maximum absolute atomic E-state index is 13.1. The second kappa shape index (κ2) is 10.1. The fraction of sp³-hybridized carbons (Fsp3) is 0.375. The number of ether oxygens (including phenoxy) is 1. The highest BCUT2D eigenvalue weighted by Gasteiger charge is 2.50. The average Bonchev–Trinajstić information content (AvgIpc) is 3.09. The van der Waals surface area contributed by atoms with Crippen LogP contribution in [-0.2, 0) is 19.9 Å². The zero-order valence-corrected chi connectivity index (χ0v) is 19.6. The Bertz CT molecular complexity index is 1120. The largest absolute Gasteiger partial charge is 0.497 e. The molecule has 1 aromatic carbocycles. The third kappa shape index (κ3) is 5.24. The molecule has 2 aliphatic rings. The van der Waals surface area contributed by atoms with Gasteiger partial charge in [0.1, 0.15) is 17.1 Å². The normalized spacial score (nSPS) is 20.9. The van der Waals surface area contributed by atoms with Crippen LogP contribution in [0, 0.1) is 5.92 Å². The van der Waals surface area contributed by atoms with Gasteiger partial charge in [-0.25, -0.2) is 9.78 Å². The molecule has 3 heterocycles. The molecule has 1 atom stereocenters. The predicted molar refractivity (Wildman–Crippen MR) is 126 cm³/mol. The Morgan fingerprint density at radius 3 is 2.63 bits per heavy atom. The summed E-state index contributed by atoms with van der Waals surface area (Å²) in [6.07, 6.45) is 2.79. The number of hydrogen-bond acceptors (Lipinski definition) is 7. The van der Waals surface area contributed by atoms with Gasteiger partial charge in [0.2, 0.25) is 5.91 Å². The number of nitrogens with zero attached hydrogens (tertiary/aromatic N) is 3. The lowest BCUT2D eigenvalue weighted by molar-refractivity contribution is -0.139. The van der Waals surface area contributed by atoms with Crippen molar-refractivity contribution in [3.8, 4) is 5.75 Å². The zero-order valence-electron chi connectivity index (χ0n) is 19.6. The summed E-state index contributed by atoms with van der Waals surface area (Å²) in [5.41, 5.74) is 1.62. The number of anilines is 1. The Kier molecular flexibility index (Phi) is 6.97. The minimum Gasteiger partial charge on any atom is -0.497 e. The Balaban J connectivity index is 1.29. The van der Waals surface area contributed by atoms with E-state index in [1.165, 1.54) is 7.11 Å². The van der Waals surface area contributed by atoms with Gasteiger partial charge in [-0.2, -0.15) is 5.01 Å². The Morgan fingerprint density at radius 1 is 1.17 bits per heavy atom. The lowest BCUT2D eigenvalue weighted by Crippen LogP contribution is -2.51. The second-order valence-corrected chi connectivity index (χ2v) is 8.72. The van der Waals surface area contributed by atoms with Crippen molar-refractivity contribution >= 4 is 29.6 Å². The Hall–Kier alpha value is -3.99. The molecule has 2 aliphatic heterocycles. The number of pyridine rings is 1. The molecule has 35 heavy (non-hydrogen) atoms. The van der Waals surface area contributed by atoms with Crippen LogP contribution in [0.4, 0.5) is 10.6 Å². The van der Waals surface area contributed by atoms with Gasteiger partial charge < -0.3 is 15.4 Å². The van der Waals surface area contributed by atoms with Crippen molar-refractivity contribution in [2.45, 2.75) is 25.3 Å². The van der Waals surface area contributed by atoms with Crippen molar-refractivity contribution < 1.29 is 23.9 Å². The zero-order chi connectivity index (χ0) is 25.0. The van der Waals surface area contributed by atoms with Crippen LogP contribution >= 0.6 is 0 Å². The smallest absolute Gasteiger partial charge is 0.344 e. The molecule has 1 aromatic heterocycles. The van der Waals surface area contributed by atoms with Gasteiger partial charge in [0.15, 0.2) is 0 Å². The van der Waals surface area contributed by atoms with Crippen LogP contribution in [0.1, 0.15) is 25.3 Å². The molecule has 0 radical (unpaired) electrons. The van der Waals surface area contributed by atoms with Crippen LogP contribution in [-0.4, -0.2) is 65.4 Å². The molecule has 11 nitrogen and oxygen atoms in total. The summed E-state index contributed by atoms with van der Waals surface area (Å²) < 4.78 is 5.21. The number of methoxy groups -OCH3 is 1. The first-order chi connectivity index (χ1) is 16.8. The molecule has 0 spiro atoms. The summed E-state index contributed by atoms with van der Waals surface area (Å²) in [7, 11) is 1.51. The molecule has 3 N–H and O–H groups in total. The van der Waals surface area contributed by atoms with Crippen LogP contribution in [0.3, 0.4) is 0 Å². The first-order valence-electron chi connectivity index (χ1n) is 11.3. The van der Waals surface area contributed by atoms with Crippen molar-refractivity contribution in [1.29, 1.82) is 0 Å². The lowest BCUT2D eigenvalue weighted by atomic mass is 9.92. The van der Waals surface area contributed by atoms with Crippen molar-refractivity contribution in [1.82, 2.24) is 25.6 Å². The van der Waals surface area contributed by atoms with Crippen LogP contribution in [0.25, 0.3) is 0 Å². The maximum atomic E-state index is 13.1. The van der Waals surface area contributed by atoms with Crippen molar-refractivity contribution in [2.24, 2.45) is 5.92 Å². The van der Waals surface area contributed by atoms with Gasteiger partial charge in [-0.15, -0.1) is 0 Å². The number of urea groups is 1. The van der Waals surface area contributed by atoms with Crippen molar-refractivity contribution in [3.63, 3.8) is 0 Å². The molecular weight excluding hydrogens is 452 g/mol. The van der Waals surface area contributed by atoms with Crippen LogP contribution in [0.15, 0.2) is 48.7 Å². The number of nitrogens with one attached hydrogen (secondary N) is 3. The third-order valence-corrected chi connectivity index (χ3v) is 6.32. The molecule has 1 unspecified atom stereocenters. The van der Waals surface area contributed by atoms with Crippen LogP contribution in [0.2, 0.25) is 0 Å². The Labute approximate surface area is 202 Å². The van der Waals surface area contributed by atoms with E-state index < -0.39 is 23.4 Å². The maximum Gasteiger partial charge on any atom is 0.344 e. The van der Waals surface area contributed by atoms with E-state index in [1.807, 2.05) is 4.90 Å². The number of amides is 5. The molecule has 5 amide bonds. The highest BCUT2D eigenvalue weighted by Crippen LogP contribution is 2.30. The number of imide groups is 1. The minimum absolute atomic E-state index is 0.00150. The molecule has 2 saturated heterocycles. The summed E-state index contributed by atoms with van der Waals surface area (Å²) >= 11 is 0. The summed E-state index contributed by atoms with van der Waals surface area (Å²) in [5, 5.41) is 6.18. The monoisotopic (exact) mass is 480 g/mol. The lowest BCUT2D eigenvalue weighted by Gasteiger charge is -2.31. The number of piperidine rings is 1. The van der Waals surface area contributed by atoms with E-state index in [0.29, 0.717) is 43.1 Å². The fourth-order valence-corrected chi connectivity index (χ4v) is 4.25. The highest BCUT2D eigenvalue weighted by atomic mass is 16.5. The third-order valence-electron chi connectivity index (χ3n) is 6.32. The van der Waals surface area contributed by atoms with Crippen LogP contribution < -0.4 is 20.8 Å². The summed E-state index contributed by atoms with van der Waals surface area (Å²) in [6.45, 7) is 2.65. The summed E-state index contributed by atoms with van der Waals surface area (Å²) in [4.78, 5) is 56.7. The average molecular weight is 481 g/mol. The minimum atomic E-state index is -1.34. The molecule has 0 aliphatic carbocycles. The summed E-state index contributed by atoms with van der Waals surface area (Å²) in [6, 6.07) is 11.4. The van der Waals surface area contributed by atoms with Crippen molar-refractivity contribution in [3.05, 3.63) is 54.2 Å². The SMILES string of the molecule is COc1cccc(C2(C)NC(=O)N(NC(=O)CN3CCC(C(=O)Nc4ccccn4)CC3)C2=O)c1. The number of carbonyl (C=O) groups is 4. The first-order valence-corrected chi connectivity index (χ1v) is 11.3. The molecule has 2 fully saturated rings. The van der Waals surface area contributed by atoms with E-state index in [4.69, 9.17) is 4.74 Å². The molecule has 11 heteroatoms. The first kappa shape index (κ1) is 24.1. The van der Waals surface area contributed by atoms with Crippen molar-refractivity contribution in [2.75, 3.05) is 32.1 Å². The molecule has 184 valence electrons. The number of carbonyl (C=O) groups excluding carboxylic acids is 4. The highest BCUT2D eigenvalue weighted by molar-refractivity contribution is 6.08. The van der Waals surface area contributed by atoms with E-state index in [9.17, 15) is 19.2 Å². The quantitative estimate of drug-likeness (QED) is 0.508. The van der Waals surface area contributed by atoms with Gasteiger partial charge in [-0.05, 0) is 62.7 Å². The molecule has 0 saturated carbocycles.